The second kappa shape index (κ2) is 4.85. The van der Waals surface area contributed by atoms with Gasteiger partial charge in [0.15, 0.2) is 6.23 Å². The minimum Gasteiger partial charge on any atom is -0.481 e. The van der Waals surface area contributed by atoms with E-state index in [1.165, 1.54) is 6.42 Å². The molecule has 2 aromatic rings. The molecule has 6 heteroatoms. The Morgan fingerprint density at radius 3 is 3.11 bits per heavy atom. The third kappa shape index (κ3) is 1.99. The SMILES string of the molecule is COc1cc2c(cn1)c(Br)nn2C1CCCCO1. The maximum absolute atomic E-state index is 5.78. The van der Waals surface area contributed by atoms with E-state index in [0.29, 0.717) is 5.88 Å². The Hall–Kier alpha value is -1.14. The quantitative estimate of drug-likeness (QED) is 0.855. The molecule has 2 aromatic heterocycles. The minimum atomic E-state index is 0.0136. The second-order valence-corrected chi connectivity index (χ2v) is 5.05. The van der Waals surface area contributed by atoms with Crippen LogP contribution in [0.2, 0.25) is 0 Å². The van der Waals surface area contributed by atoms with E-state index in [1.54, 1.807) is 13.3 Å². The minimum absolute atomic E-state index is 0.0136. The smallest absolute Gasteiger partial charge is 0.215 e. The van der Waals surface area contributed by atoms with Crippen molar-refractivity contribution in [1.29, 1.82) is 0 Å². The molecule has 1 aliphatic heterocycles. The molecule has 1 fully saturated rings. The number of nitrogens with zero attached hydrogens (tertiary/aromatic N) is 3. The molecule has 96 valence electrons. The molecule has 0 N–H and O–H groups in total. The second-order valence-electron chi connectivity index (χ2n) is 4.30. The zero-order valence-electron chi connectivity index (χ0n) is 10.1. The van der Waals surface area contributed by atoms with E-state index < -0.39 is 0 Å². The summed E-state index contributed by atoms with van der Waals surface area (Å²) in [5.74, 6) is 0.590. The van der Waals surface area contributed by atoms with Gasteiger partial charge in [-0.15, -0.1) is 0 Å². The Morgan fingerprint density at radius 2 is 2.39 bits per heavy atom. The lowest BCUT2D eigenvalue weighted by molar-refractivity contribution is -0.0368. The van der Waals surface area contributed by atoms with Crippen LogP contribution in [0.15, 0.2) is 16.9 Å². The first-order valence-electron chi connectivity index (χ1n) is 5.99. The molecule has 0 aromatic carbocycles. The molecular formula is C12H14BrN3O2. The van der Waals surface area contributed by atoms with Crippen molar-refractivity contribution in [3.8, 4) is 5.88 Å². The number of hydrogen-bond acceptors (Lipinski definition) is 4. The number of hydrogen-bond donors (Lipinski definition) is 0. The van der Waals surface area contributed by atoms with Crippen LogP contribution in [0.5, 0.6) is 5.88 Å². The van der Waals surface area contributed by atoms with Crippen molar-refractivity contribution in [3.05, 3.63) is 16.9 Å². The van der Waals surface area contributed by atoms with E-state index in [4.69, 9.17) is 9.47 Å². The number of fused-ring (bicyclic) bond motifs is 1. The van der Waals surface area contributed by atoms with E-state index in [1.807, 2.05) is 10.7 Å². The predicted octanol–water partition coefficient (Wildman–Crippen LogP) is 2.90. The average Bonchev–Trinajstić information content (AvgIpc) is 2.76. The normalized spacial score (nSPS) is 20.2. The fourth-order valence-electron chi connectivity index (χ4n) is 2.22. The molecule has 0 spiro atoms. The van der Waals surface area contributed by atoms with Gasteiger partial charge >= 0.3 is 0 Å². The van der Waals surface area contributed by atoms with E-state index in [-0.39, 0.29) is 6.23 Å². The first kappa shape index (κ1) is 11.9. The van der Waals surface area contributed by atoms with Gasteiger partial charge in [-0.3, -0.25) is 0 Å². The van der Waals surface area contributed by atoms with Crippen molar-refractivity contribution in [2.24, 2.45) is 0 Å². The van der Waals surface area contributed by atoms with Crippen LogP contribution in [0.1, 0.15) is 25.5 Å². The van der Waals surface area contributed by atoms with Gasteiger partial charge in [0.2, 0.25) is 5.88 Å². The van der Waals surface area contributed by atoms with Gasteiger partial charge in [0, 0.05) is 18.9 Å². The van der Waals surface area contributed by atoms with Crippen molar-refractivity contribution in [1.82, 2.24) is 14.8 Å². The summed E-state index contributed by atoms with van der Waals surface area (Å²) in [6.07, 6.45) is 5.08. The zero-order chi connectivity index (χ0) is 12.5. The summed E-state index contributed by atoms with van der Waals surface area (Å²) in [6.45, 7) is 0.797. The Labute approximate surface area is 113 Å². The van der Waals surface area contributed by atoms with Crippen molar-refractivity contribution >= 4 is 26.8 Å². The summed E-state index contributed by atoms with van der Waals surface area (Å²) < 4.78 is 13.7. The highest BCUT2D eigenvalue weighted by Crippen LogP contribution is 2.31. The number of pyridine rings is 1. The molecule has 0 amide bonds. The molecule has 18 heavy (non-hydrogen) atoms. The van der Waals surface area contributed by atoms with E-state index in [0.717, 1.165) is 35.0 Å². The van der Waals surface area contributed by atoms with Gasteiger partial charge in [-0.1, -0.05) is 0 Å². The Balaban J connectivity index is 2.09. The van der Waals surface area contributed by atoms with E-state index in [2.05, 4.69) is 26.0 Å². The van der Waals surface area contributed by atoms with Gasteiger partial charge in [0.05, 0.1) is 18.0 Å². The summed E-state index contributed by atoms with van der Waals surface area (Å²) in [5.41, 5.74) is 0.987. The van der Waals surface area contributed by atoms with Gasteiger partial charge in [-0.05, 0) is 35.2 Å². The van der Waals surface area contributed by atoms with Crippen molar-refractivity contribution in [2.75, 3.05) is 13.7 Å². The molecule has 1 saturated heterocycles. The molecule has 5 nitrogen and oxygen atoms in total. The van der Waals surface area contributed by atoms with Gasteiger partial charge in [-0.2, -0.15) is 5.10 Å². The first-order chi connectivity index (χ1) is 8.79. The molecule has 0 aliphatic carbocycles. The zero-order valence-corrected chi connectivity index (χ0v) is 11.7. The summed E-state index contributed by atoms with van der Waals surface area (Å²) in [5, 5.41) is 5.48. The van der Waals surface area contributed by atoms with Crippen LogP contribution in [0.25, 0.3) is 10.9 Å². The van der Waals surface area contributed by atoms with Crippen LogP contribution in [-0.4, -0.2) is 28.5 Å². The van der Waals surface area contributed by atoms with Gasteiger partial charge in [0.25, 0.3) is 0 Å². The maximum Gasteiger partial charge on any atom is 0.215 e. The lowest BCUT2D eigenvalue weighted by Crippen LogP contribution is -2.19. The maximum atomic E-state index is 5.78. The molecule has 0 bridgehead atoms. The monoisotopic (exact) mass is 311 g/mol. The van der Waals surface area contributed by atoms with Gasteiger partial charge < -0.3 is 9.47 Å². The Morgan fingerprint density at radius 1 is 1.50 bits per heavy atom. The molecule has 1 unspecified atom stereocenters. The highest BCUT2D eigenvalue weighted by molar-refractivity contribution is 9.10. The number of aromatic nitrogens is 3. The van der Waals surface area contributed by atoms with Crippen molar-refractivity contribution in [3.63, 3.8) is 0 Å². The van der Waals surface area contributed by atoms with Crippen LogP contribution >= 0.6 is 15.9 Å². The van der Waals surface area contributed by atoms with Crippen LogP contribution in [-0.2, 0) is 4.74 Å². The largest absolute Gasteiger partial charge is 0.481 e. The standard InChI is InChI=1S/C12H14BrN3O2/c1-17-10-6-9-8(7-14-10)12(13)15-16(9)11-4-2-3-5-18-11/h6-7,11H,2-5H2,1H3. The summed E-state index contributed by atoms with van der Waals surface area (Å²) >= 11 is 3.46. The molecular weight excluding hydrogens is 298 g/mol. The number of halogens is 1. The molecule has 1 atom stereocenters. The van der Waals surface area contributed by atoms with Gasteiger partial charge in [0.1, 0.15) is 4.60 Å². The highest BCUT2D eigenvalue weighted by atomic mass is 79.9. The van der Waals surface area contributed by atoms with Crippen molar-refractivity contribution < 1.29 is 9.47 Å². The van der Waals surface area contributed by atoms with Crippen LogP contribution in [0.3, 0.4) is 0 Å². The Bertz CT molecular complexity index is 564. The van der Waals surface area contributed by atoms with Crippen LogP contribution < -0.4 is 4.74 Å². The molecule has 1 aliphatic rings. The third-order valence-electron chi connectivity index (χ3n) is 3.16. The first-order valence-corrected chi connectivity index (χ1v) is 6.78. The number of ether oxygens (including phenoxy) is 2. The molecule has 3 rings (SSSR count). The molecule has 3 heterocycles. The Kier molecular flexibility index (Phi) is 3.22. The fourth-order valence-corrected chi connectivity index (χ4v) is 2.70. The number of rotatable bonds is 2. The van der Waals surface area contributed by atoms with Crippen LogP contribution in [0.4, 0.5) is 0 Å². The van der Waals surface area contributed by atoms with Gasteiger partial charge in [-0.25, -0.2) is 9.67 Å². The topological polar surface area (TPSA) is 49.2 Å². The van der Waals surface area contributed by atoms with Crippen molar-refractivity contribution in [2.45, 2.75) is 25.5 Å². The average molecular weight is 312 g/mol. The predicted molar refractivity (Wildman–Crippen MR) is 70.6 cm³/mol. The summed E-state index contributed by atoms with van der Waals surface area (Å²) in [7, 11) is 1.61. The lowest BCUT2D eigenvalue weighted by atomic mass is 10.2. The summed E-state index contributed by atoms with van der Waals surface area (Å²) in [6, 6.07) is 1.89. The van der Waals surface area contributed by atoms with Crippen LogP contribution in [0, 0.1) is 0 Å². The molecule has 0 saturated carbocycles. The lowest BCUT2D eigenvalue weighted by Gasteiger charge is -2.23. The van der Waals surface area contributed by atoms with E-state index >= 15 is 0 Å². The fraction of sp³-hybridized carbons (Fsp3) is 0.500. The number of methoxy groups -OCH3 is 1. The molecule has 0 radical (unpaired) electrons. The summed E-state index contributed by atoms with van der Waals surface area (Å²) in [4.78, 5) is 4.20. The van der Waals surface area contributed by atoms with E-state index in [9.17, 15) is 0 Å². The highest BCUT2D eigenvalue weighted by Gasteiger charge is 2.20. The third-order valence-corrected chi connectivity index (χ3v) is 3.74.